The van der Waals surface area contributed by atoms with Gasteiger partial charge in [-0.25, -0.2) is 0 Å². The van der Waals surface area contributed by atoms with E-state index in [-0.39, 0.29) is 0 Å². The molecule has 7 heteroatoms. The van der Waals surface area contributed by atoms with E-state index in [9.17, 15) is 0 Å². The molecular formula is C7H11N5OS. The first-order chi connectivity index (χ1) is 6.86. The van der Waals surface area contributed by atoms with Crippen LogP contribution in [-0.4, -0.2) is 23.0 Å². The summed E-state index contributed by atoms with van der Waals surface area (Å²) in [7, 11) is 0. The zero-order valence-electron chi connectivity index (χ0n) is 7.88. The molecule has 0 aliphatic carbocycles. The summed E-state index contributed by atoms with van der Waals surface area (Å²) in [5.74, 6) is 0.648. The number of rotatable bonds is 6. The molecule has 0 aromatic carbocycles. The number of aryl methyl sites for hydroxylation is 1. The van der Waals surface area contributed by atoms with Gasteiger partial charge < -0.3 is 4.42 Å². The van der Waals surface area contributed by atoms with Gasteiger partial charge in [0.1, 0.15) is 0 Å². The molecule has 0 aliphatic heterocycles. The minimum absolute atomic E-state index is 0.528. The van der Waals surface area contributed by atoms with Gasteiger partial charge in [0.15, 0.2) is 0 Å². The molecule has 1 heterocycles. The Labute approximate surface area is 85.7 Å². The standard InChI is InChI=1S/C7H11N5OS/c1-14-7-11-10-6(13-7)4-2-3-5-9-12-8/h2-5H2,1H3. The van der Waals surface area contributed by atoms with Gasteiger partial charge in [0.25, 0.3) is 5.22 Å². The van der Waals surface area contributed by atoms with E-state index in [4.69, 9.17) is 9.95 Å². The molecule has 0 atom stereocenters. The van der Waals surface area contributed by atoms with Crippen LogP contribution in [0.25, 0.3) is 10.4 Å². The van der Waals surface area contributed by atoms with Crippen LogP contribution in [0.3, 0.4) is 0 Å². The van der Waals surface area contributed by atoms with Crippen molar-refractivity contribution in [1.29, 1.82) is 0 Å². The molecule has 76 valence electrons. The molecule has 6 nitrogen and oxygen atoms in total. The van der Waals surface area contributed by atoms with Gasteiger partial charge >= 0.3 is 0 Å². The lowest BCUT2D eigenvalue weighted by molar-refractivity contribution is 0.408. The van der Waals surface area contributed by atoms with Gasteiger partial charge in [-0.05, 0) is 24.6 Å². The van der Waals surface area contributed by atoms with Crippen LogP contribution in [0.5, 0.6) is 0 Å². The Bertz CT molecular complexity index is 320. The molecule has 0 amide bonds. The van der Waals surface area contributed by atoms with E-state index in [2.05, 4.69) is 20.2 Å². The van der Waals surface area contributed by atoms with Crippen LogP contribution in [0, 0.1) is 0 Å². The Balaban J connectivity index is 2.21. The van der Waals surface area contributed by atoms with Gasteiger partial charge in [-0.15, -0.1) is 10.2 Å². The maximum atomic E-state index is 8.03. The molecular weight excluding hydrogens is 202 g/mol. The highest BCUT2D eigenvalue weighted by atomic mass is 32.2. The Kier molecular flexibility index (Phi) is 4.88. The summed E-state index contributed by atoms with van der Waals surface area (Å²) >= 11 is 1.43. The lowest BCUT2D eigenvalue weighted by Crippen LogP contribution is -1.87. The lowest BCUT2D eigenvalue weighted by atomic mass is 10.2. The summed E-state index contributed by atoms with van der Waals surface area (Å²) in [5.41, 5.74) is 8.03. The summed E-state index contributed by atoms with van der Waals surface area (Å²) in [5, 5.41) is 11.7. The SMILES string of the molecule is CSc1nnc(CCCCN=[N+]=[N-])o1. The second-order valence-corrected chi connectivity index (χ2v) is 3.33. The molecule has 0 spiro atoms. The predicted octanol–water partition coefficient (Wildman–Crippen LogP) is 2.42. The van der Waals surface area contributed by atoms with Crippen molar-refractivity contribution in [2.45, 2.75) is 24.5 Å². The molecule has 0 N–H and O–H groups in total. The van der Waals surface area contributed by atoms with Crippen molar-refractivity contribution in [2.24, 2.45) is 5.11 Å². The van der Waals surface area contributed by atoms with Crippen LogP contribution in [0.4, 0.5) is 0 Å². The van der Waals surface area contributed by atoms with Gasteiger partial charge in [0, 0.05) is 17.9 Å². The van der Waals surface area contributed by atoms with E-state index in [1.807, 2.05) is 6.26 Å². The fraction of sp³-hybridized carbons (Fsp3) is 0.714. The average molecular weight is 213 g/mol. The van der Waals surface area contributed by atoms with E-state index in [1.54, 1.807) is 0 Å². The zero-order valence-corrected chi connectivity index (χ0v) is 8.70. The van der Waals surface area contributed by atoms with Gasteiger partial charge in [0.05, 0.1) is 0 Å². The summed E-state index contributed by atoms with van der Waals surface area (Å²) in [6.07, 6.45) is 4.38. The normalized spacial score (nSPS) is 9.79. The molecule has 1 aromatic heterocycles. The topological polar surface area (TPSA) is 87.7 Å². The van der Waals surface area contributed by atoms with Gasteiger partial charge in [-0.2, -0.15) is 0 Å². The van der Waals surface area contributed by atoms with Crippen LogP contribution < -0.4 is 0 Å². The molecule has 0 unspecified atom stereocenters. The molecule has 0 saturated heterocycles. The zero-order chi connectivity index (χ0) is 10.2. The summed E-state index contributed by atoms with van der Waals surface area (Å²) in [4.78, 5) is 2.67. The number of hydrogen-bond donors (Lipinski definition) is 0. The number of nitrogens with zero attached hydrogens (tertiary/aromatic N) is 5. The Morgan fingerprint density at radius 1 is 1.50 bits per heavy atom. The molecule has 0 bridgehead atoms. The molecule has 0 saturated carbocycles. The third kappa shape index (κ3) is 3.68. The van der Waals surface area contributed by atoms with Crippen molar-refractivity contribution in [2.75, 3.05) is 12.8 Å². The minimum Gasteiger partial charge on any atom is -0.416 e. The smallest absolute Gasteiger partial charge is 0.276 e. The maximum absolute atomic E-state index is 8.03. The van der Waals surface area contributed by atoms with Crippen molar-refractivity contribution in [3.05, 3.63) is 16.3 Å². The quantitative estimate of drug-likeness (QED) is 0.239. The van der Waals surface area contributed by atoms with Crippen molar-refractivity contribution >= 4 is 11.8 Å². The molecule has 0 radical (unpaired) electrons. The molecule has 1 aromatic rings. The van der Waals surface area contributed by atoms with E-state index in [0.29, 0.717) is 17.7 Å². The lowest BCUT2D eigenvalue weighted by Gasteiger charge is -1.91. The first-order valence-electron chi connectivity index (χ1n) is 4.24. The van der Waals surface area contributed by atoms with E-state index in [1.165, 1.54) is 11.8 Å². The van der Waals surface area contributed by atoms with Crippen LogP contribution in [0.2, 0.25) is 0 Å². The first-order valence-corrected chi connectivity index (χ1v) is 5.46. The maximum Gasteiger partial charge on any atom is 0.276 e. The number of aromatic nitrogens is 2. The van der Waals surface area contributed by atoms with Crippen LogP contribution in [-0.2, 0) is 6.42 Å². The molecule has 0 fully saturated rings. The highest BCUT2D eigenvalue weighted by Gasteiger charge is 2.03. The van der Waals surface area contributed by atoms with Crippen molar-refractivity contribution in [3.8, 4) is 0 Å². The van der Waals surface area contributed by atoms with Gasteiger partial charge in [0.2, 0.25) is 5.89 Å². The Morgan fingerprint density at radius 2 is 2.36 bits per heavy atom. The van der Waals surface area contributed by atoms with Crippen LogP contribution in [0.1, 0.15) is 18.7 Å². The fourth-order valence-electron chi connectivity index (χ4n) is 0.925. The van der Waals surface area contributed by atoms with Crippen LogP contribution in [0.15, 0.2) is 14.8 Å². The number of unbranched alkanes of at least 4 members (excludes halogenated alkanes) is 1. The second kappa shape index (κ2) is 6.28. The van der Waals surface area contributed by atoms with E-state index >= 15 is 0 Å². The predicted molar refractivity (Wildman–Crippen MR) is 53.0 cm³/mol. The highest BCUT2D eigenvalue weighted by molar-refractivity contribution is 7.98. The molecule has 14 heavy (non-hydrogen) atoms. The van der Waals surface area contributed by atoms with Gasteiger partial charge in [-0.3, -0.25) is 0 Å². The molecule has 1 rings (SSSR count). The van der Waals surface area contributed by atoms with Crippen molar-refractivity contribution in [3.63, 3.8) is 0 Å². The van der Waals surface area contributed by atoms with E-state index in [0.717, 1.165) is 19.3 Å². The largest absolute Gasteiger partial charge is 0.416 e. The highest BCUT2D eigenvalue weighted by Crippen LogP contribution is 2.13. The Hall–Kier alpha value is -1.20. The second-order valence-electron chi connectivity index (χ2n) is 2.58. The van der Waals surface area contributed by atoms with Crippen LogP contribution >= 0.6 is 11.8 Å². The molecule has 0 aliphatic rings. The number of hydrogen-bond acceptors (Lipinski definition) is 5. The number of thioether (sulfide) groups is 1. The third-order valence-electron chi connectivity index (χ3n) is 1.58. The fourth-order valence-corrected chi connectivity index (χ4v) is 1.23. The Morgan fingerprint density at radius 3 is 3.00 bits per heavy atom. The summed E-state index contributed by atoms with van der Waals surface area (Å²) < 4.78 is 5.28. The number of azide groups is 1. The summed E-state index contributed by atoms with van der Waals surface area (Å²) in [6.45, 7) is 0.528. The third-order valence-corrected chi connectivity index (χ3v) is 2.10. The van der Waals surface area contributed by atoms with E-state index < -0.39 is 0 Å². The van der Waals surface area contributed by atoms with Crippen molar-refractivity contribution < 1.29 is 4.42 Å². The minimum atomic E-state index is 0.528. The van der Waals surface area contributed by atoms with Gasteiger partial charge in [-0.1, -0.05) is 16.9 Å². The first kappa shape index (κ1) is 10.9. The average Bonchev–Trinajstić information content (AvgIpc) is 2.65. The van der Waals surface area contributed by atoms with Crippen molar-refractivity contribution in [1.82, 2.24) is 10.2 Å². The monoisotopic (exact) mass is 213 g/mol. The summed E-state index contributed by atoms with van der Waals surface area (Å²) in [6, 6.07) is 0.